The molecule has 2 rings (SSSR count). The van der Waals surface area contributed by atoms with E-state index in [9.17, 15) is 18.0 Å². The molecule has 0 saturated carbocycles. The average Bonchev–Trinajstić information content (AvgIpc) is 2.47. The second-order valence-corrected chi connectivity index (χ2v) is 6.06. The largest absolute Gasteiger partial charge is 0.573 e. The van der Waals surface area contributed by atoms with Crippen LogP contribution in [0.3, 0.4) is 0 Å². The number of halogens is 4. The van der Waals surface area contributed by atoms with Gasteiger partial charge in [-0.3, -0.25) is 4.79 Å². The number of nitriles is 1. The molecule has 2 aromatic rings. The molecular formula is C13H7F3IN3O2S. The van der Waals surface area contributed by atoms with E-state index in [-0.39, 0.29) is 20.6 Å². The number of hydrogen-bond acceptors (Lipinski definition) is 5. The molecule has 0 amide bonds. The lowest BCUT2D eigenvalue weighted by molar-refractivity contribution is -0.274. The summed E-state index contributed by atoms with van der Waals surface area (Å²) in [5.74, 6) is -0.365. The molecule has 1 aromatic heterocycles. The van der Waals surface area contributed by atoms with Gasteiger partial charge in [0.1, 0.15) is 17.4 Å². The SMILES string of the molecule is CSc1nc(-c2ccc(OC(F)(F)F)c(I)c2)c(C#N)c(=O)[nH]1. The normalized spacial score (nSPS) is 11.1. The predicted molar refractivity (Wildman–Crippen MR) is 86.2 cm³/mol. The van der Waals surface area contributed by atoms with E-state index in [1.807, 2.05) is 0 Å². The standard InChI is InChI=1S/C13H7F3IN3O2S/c1-23-12-19-10(7(5-18)11(21)20-12)6-2-3-9(8(17)4-6)22-13(14,15)16/h2-4H,1H3,(H,19,20,21). The molecular weight excluding hydrogens is 446 g/mol. The Morgan fingerprint density at radius 3 is 2.65 bits per heavy atom. The van der Waals surface area contributed by atoms with E-state index in [0.29, 0.717) is 10.7 Å². The Bertz CT molecular complexity index is 846. The van der Waals surface area contributed by atoms with Gasteiger partial charge in [-0.25, -0.2) is 4.98 Å². The third kappa shape index (κ3) is 4.17. The van der Waals surface area contributed by atoms with E-state index in [1.165, 1.54) is 23.9 Å². The highest BCUT2D eigenvalue weighted by molar-refractivity contribution is 14.1. The quantitative estimate of drug-likeness (QED) is 0.437. The summed E-state index contributed by atoms with van der Waals surface area (Å²) in [6.07, 6.45) is -3.11. The zero-order chi connectivity index (χ0) is 17.2. The van der Waals surface area contributed by atoms with Crippen LogP contribution in [0.25, 0.3) is 11.3 Å². The van der Waals surface area contributed by atoms with E-state index in [1.54, 1.807) is 34.9 Å². The van der Waals surface area contributed by atoms with Crippen LogP contribution in [0.15, 0.2) is 28.2 Å². The monoisotopic (exact) mass is 453 g/mol. The Balaban J connectivity index is 2.56. The smallest absolute Gasteiger partial charge is 0.405 e. The van der Waals surface area contributed by atoms with Gasteiger partial charge in [-0.15, -0.1) is 13.2 Å². The molecule has 0 aliphatic rings. The number of hydrogen-bond donors (Lipinski definition) is 1. The molecule has 10 heteroatoms. The van der Waals surface area contributed by atoms with Crippen molar-refractivity contribution in [2.45, 2.75) is 11.5 Å². The second-order valence-electron chi connectivity index (χ2n) is 4.10. The van der Waals surface area contributed by atoms with Crippen molar-refractivity contribution in [1.29, 1.82) is 5.26 Å². The number of benzene rings is 1. The van der Waals surface area contributed by atoms with E-state index >= 15 is 0 Å². The first kappa shape index (κ1) is 17.6. The first-order valence-electron chi connectivity index (χ1n) is 5.89. The molecule has 0 spiro atoms. The third-order valence-electron chi connectivity index (χ3n) is 2.63. The van der Waals surface area contributed by atoms with Crippen LogP contribution < -0.4 is 10.3 Å². The molecule has 5 nitrogen and oxygen atoms in total. The van der Waals surface area contributed by atoms with Crippen LogP contribution in [0.2, 0.25) is 0 Å². The van der Waals surface area contributed by atoms with Gasteiger partial charge in [-0.05, 0) is 47.0 Å². The Hall–Kier alpha value is -1.74. The molecule has 0 fully saturated rings. The summed E-state index contributed by atoms with van der Waals surface area (Å²) in [6, 6.07) is 5.56. The zero-order valence-corrected chi connectivity index (χ0v) is 14.3. The Morgan fingerprint density at radius 2 is 2.13 bits per heavy atom. The summed E-state index contributed by atoms with van der Waals surface area (Å²) in [7, 11) is 0. The maximum atomic E-state index is 12.3. The topological polar surface area (TPSA) is 78.8 Å². The average molecular weight is 453 g/mol. The first-order chi connectivity index (χ1) is 10.7. The number of alkyl halides is 3. The van der Waals surface area contributed by atoms with Crippen molar-refractivity contribution in [1.82, 2.24) is 9.97 Å². The number of thioether (sulfide) groups is 1. The van der Waals surface area contributed by atoms with Crippen molar-refractivity contribution < 1.29 is 17.9 Å². The molecule has 1 heterocycles. The predicted octanol–water partition coefficient (Wildman–Crippen LogP) is 3.53. The molecule has 120 valence electrons. The molecule has 23 heavy (non-hydrogen) atoms. The van der Waals surface area contributed by atoms with Crippen molar-refractivity contribution in [3.8, 4) is 23.1 Å². The molecule has 0 aliphatic carbocycles. The van der Waals surface area contributed by atoms with Crippen LogP contribution in [-0.2, 0) is 0 Å². The summed E-state index contributed by atoms with van der Waals surface area (Å²) in [4.78, 5) is 18.5. The van der Waals surface area contributed by atoms with Gasteiger partial charge in [-0.1, -0.05) is 11.8 Å². The number of nitrogens with one attached hydrogen (secondary N) is 1. The minimum Gasteiger partial charge on any atom is -0.405 e. The maximum absolute atomic E-state index is 12.3. The van der Waals surface area contributed by atoms with Crippen LogP contribution in [-0.4, -0.2) is 22.6 Å². The van der Waals surface area contributed by atoms with Crippen LogP contribution in [0.1, 0.15) is 5.56 Å². The van der Waals surface area contributed by atoms with Gasteiger partial charge in [0.2, 0.25) is 0 Å². The number of aromatic amines is 1. The summed E-state index contributed by atoms with van der Waals surface area (Å²) in [5, 5.41) is 9.41. The fourth-order valence-electron chi connectivity index (χ4n) is 1.72. The van der Waals surface area contributed by atoms with Gasteiger partial charge in [0, 0.05) is 5.56 Å². The Labute approximate surface area is 146 Å². The molecule has 1 N–H and O–H groups in total. The minimum absolute atomic E-state index is 0.108. The summed E-state index contributed by atoms with van der Waals surface area (Å²) >= 11 is 2.85. The fourth-order valence-corrected chi connectivity index (χ4v) is 2.72. The molecule has 0 bridgehead atoms. The van der Waals surface area contributed by atoms with Gasteiger partial charge in [0.25, 0.3) is 5.56 Å². The Kier molecular flexibility index (Phi) is 5.20. The van der Waals surface area contributed by atoms with Crippen LogP contribution >= 0.6 is 34.4 Å². The molecule has 0 saturated heterocycles. The molecule has 0 aliphatic heterocycles. The molecule has 0 radical (unpaired) electrons. The molecule has 0 atom stereocenters. The van der Waals surface area contributed by atoms with Gasteiger partial charge in [0.05, 0.1) is 9.26 Å². The lowest BCUT2D eigenvalue weighted by Gasteiger charge is -2.12. The van der Waals surface area contributed by atoms with E-state index in [2.05, 4.69) is 14.7 Å². The highest BCUT2D eigenvalue weighted by Crippen LogP contribution is 2.31. The van der Waals surface area contributed by atoms with Crippen molar-refractivity contribution in [3.63, 3.8) is 0 Å². The Morgan fingerprint density at radius 1 is 1.43 bits per heavy atom. The number of nitrogens with zero attached hydrogens (tertiary/aromatic N) is 2. The van der Waals surface area contributed by atoms with Gasteiger partial charge < -0.3 is 9.72 Å². The molecule has 0 unspecified atom stereocenters. The van der Waals surface area contributed by atoms with Crippen LogP contribution in [0, 0.1) is 14.9 Å². The van der Waals surface area contributed by atoms with Crippen LogP contribution in [0.4, 0.5) is 13.2 Å². The van der Waals surface area contributed by atoms with Gasteiger partial charge >= 0.3 is 6.36 Å². The van der Waals surface area contributed by atoms with Crippen molar-refractivity contribution >= 4 is 34.4 Å². The number of ether oxygens (including phenoxy) is 1. The lowest BCUT2D eigenvalue weighted by Crippen LogP contribution is -2.18. The second kappa shape index (κ2) is 6.79. The summed E-state index contributed by atoms with van der Waals surface area (Å²) < 4.78 is 40.9. The fraction of sp³-hybridized carbons (Fsp3) is 0.154. The van der Waals surface area contributed by atoms with Crippen molar-refractivity contribution in [3.05, 3.63) is 37.7 Å². The highest BCUT2D eigenvalue weighted by Gasteiger charge is 2.32. The van der Waals surface area contributed by atoms with Crippen molar-refractivity contribution in [2.75, 3.05) is 6.26 Å². The number of aromatic nitrogens is 2. The lowest BCUT2D eigenvalue weighted by atomic mass is 10.1. The number of rotatable bonds is 3. The third-order valence-corrected chi connectivity index (χ3v) is 4.06. The molecule has 1 aromatic carbocycles. The maximum Gasteiger partial charge on any atom is 0.573 e. The van der Waals surface area contributed by atoms with Gasteiger partial charge in [-0.2, -0.15) is 5.26 Å². The van der Waals surface area contributed by atoms with E-state index < -0.39 is 11.9 Å². The van der Waals surface area contributed by atoms with Crippen molar-refractivity contribution in [2.24, 2.45) is 0 Å². The van der Waals surface area contributed by atoms with Gasteiger partial charge in [0.15, 0.2) is 5.16 Å². The first-order valence-corrected chi connectivity index (χ1v) is 8.19. The highest BCUT2D eigenvalue weighted by atomic mass is 127. The summed E-state index contributed by atoms with van der Waals surface area (Å²) in [6.45, 7) is 0. The number of H-pyrrole nitrogens is 1. The summed E-state index contributed by atoms with van der Waals surface area (Å²) in [5.41, 5.74) is -0.352. The van der Waals surface area contributed by atoms with E-state index in [4.69, 9.17) is 5.26 Å². The zero-order valence-electron chi connectivity index (χ0n) is 11.4. The minimum atomic E-state index is -4.80. The van der Waals surface area contributed by atoms with Crippen LogP contribution in [0.5, 0.6) is 5.75 Å². The van der Waals surface area contributed by atoms with E-state index in [0.717, 1.165) is 6.07 Å².